The molecule has 0 aliphatic carbocycles. The summed E-state index contributed by atoms with van der Waals surface area (Å²) in [5.41, 5.74) is 2.10. The molecule has 0 aliphatic heterocycles. The largest absolute Gasteiger partial charge is 0.494 e. The van der Waals surface area contributed by atoms with Crippen LogP contribution in [-0.2, 0) is 16.6 Å². The van der Waals surface area contributed by atoms with Crippen molar-refractivity contribution < 1.29 is 17.9 Å². The van der Waals surface area contributed by atoms with Gasteiger partial charge >= 0.3 is 10.2 Å². The minimum atomic E-state index is -3.56. The first-order valence-corrected chi connectivity index (χ1v) is 10.9. The minimum Gasteiger partial charge on any atom is -0.494 e. The Kier molecular flexibility index (Phi) is 8.04. The molecule has 0 aromatic heterocycles. The summed E-state index contributed by atoms with van der Waals surface area (Å²) in [7, 11) is 0.863. The average Bonchev–Trinajstić information content (AvgIpc) is 2.71. The van der Waals surface area contributed by atoms with Crippen LogP contribution in [0.25, 0.3) is 0 Å². The maximum atomic E-state index is 12.3. The molecule has 2 aromatic carbocycles. The molecule has 1 amide bonds. The molecular weight excluding hydrogens is 390 g/mol. The van der Waals surface area contributed by atoms with Crippen LogP contribution in [0.4, 0.5) is 5.69 Å². The molecule has 2 rings (SSSR count). The summed E-state index contributed by atoms with van der Waals surface area (Å²) in [5, 5.41) is 2.90. The highest BCUT2D eigenvalue weighted by Gasteiger charge is 2.21. The zero-order valence-electron chi connectivity index (χ0n) is 17.4. The lowest BCUT2D eigenvalue weighted by Crippen LogP contribution is -2.37. The van der Waals surface area contributed by atoms with Crippen LogP contribution < -0.4 is 14.4 Å². The molecule has 158 valence electrons. The molecule has 0 saturated heterocycles. The highest BCUT2D eigenvalue weighted by Crippen LogP contribution is 2.20. The summed E-state index contributed by atoms with van der Waals surface area (Å²) in [4.78, 5) is 12.3. The molecule has 1 N–H and O–H groups in total. The molecule has 0 bridgehead atoms. The number of carbonyl (C=O) groups is 1. The van der Waals surface area contributed by atoms with Crippen LogP contribution in [0.15, 0.2) is 48.5 Å². The van der Waals surface area contributed by atoms with Crippen molar-refractivity contribution in [2.24, 2.45) is 0 Å². The SMILES string of the molecule is CCOc1ccccc1CCCNC(=O)c1ccc(N(C)S(=O)(=O)N(C)C)cc1. The number of anilines is 1. The number of nitrogens with one attached hydrogen (secondary N) is 1. The Morgan fingerprint density at radius 1 is 1.03 bits per heavy atom. The van der Waals surface area contributed by atoms with Crippen molar-refractivity contribution in [2.75, 3.05) is 38.6 Å². The monoisotopic (exact) mass is 419 g/mol. The highest BCUT2D eigenvalue weighted by atomic mass is 32.2. The standard InChI is InChI=1S/C21H29N3O4S/c1-5-28-20-11-7-6-9-17(20)10-8-16-22-21(25)18-12-14-19(15-13-18)24(4)29(26,27)23(2)3/h6-7,9,11-15H,5,8,10,16H2,1-4H3,(H,22,25). The number of amides is 1. The molecule has 0 fully saturated rings. The number of para-hydroxylation sites is 1. The van der Waals surface area contributed by atoms with Gasteiger partial charge in [-0.25, -0.2) is 0 Å². The van der Waals surface area contributed by atoms with E-state index in [-0.39, 0.29) is 5.91 Å². The van der Waals surface area contributed by atoms with E-state index in [1.54, 1.807) is 24.3 Å². The fourth-order valence-corrected chi connectivity index (χ4v) is 3.67. The molecule has 2 aromatic rings. The maximum Gasteiger partial charge on any atom is 0.303 e. The molecule has 0 radical (unpaired) electrons. The summed E-state index contributed by atoms with van der Waals surface area (Å²) in [6.45, 7) is 3.11. The van der Waals surface area contributed by atoms with Crippen LogP contribution in [0.3, 0.4) is 0 Å². The first-order valence-electron chi connectivity index (χ1n) is 9.52. The molecule has 0 aliphatic rings. The van der Waals surface area contributed by atoms with E-state index in [0.29, 0.717) is 24.4 Å². The van der Waals surface area contributed by atoms with E-state index in [9.17, 15) is 13.2 Å². The van der Waals surface area contributed by atoms with Crippen molar-refractivity contribution in [1.82, 2.24) is 9.62 Å². The smallest absolute Gasteiger partial charge is 0.303 e. The Morgan fingerprint density at radius 3 is 2.31 bits per heavy atom. The first-order chi connectivity index (χ1) is 13.8. The summed E-state index contributed by atoms with van der Waals surface area (Å²) < 4.78 is 32.3. The van der Waals surface area contributed by atoms with E-state index in [0.717, 1.165) is 28.5 Å². The van der Waals surface area contributed by atoms with Gasteiger partial charge in [-0.15, -0.1) is 0 Å². The van der Waals surface area contributed by atoms with Gasteiger partial charge < -0.3 is 10.1 Å². The van der Waals surface area contributed by atoms with Gasteiger partial charge in [-0.1, -0.05) is 18.2 Å². The molecule has 0 unspecified atom stereocenters. The zero-order valence-corrected chi connectivity index (χ0v) is 18.2. The highest BCUT2D eigenvalue weighted by molar-refractivity contribution is 7.90. The predicted octanol–water partition coefficient (Wildman–Crippen LogP) is 2.69. The van der Waals surface area contributed by atoms with E-state index in [1.807, 2.05) is 31.2 Å². The van der Waals surface area contributed by atoms with Gasteiger partial charge in [0.1, 0.15) is 5.75 Å². The van der Waals surface area contributed by atoms with E-state index in [4.69, 9.17) is 4.74 Å². The van der Waals surface area contributed by atoms with Crippen molar-refractivity contribution in [3.63, 3.8) is 0 Å². The number of hydrogen-bond donors (Lipinski definition) is 1. The second kappa shape index (κ2) is 10.3. The topological polar surface area (TPSA) is 79.0 Å². The average molecular weight is 420 g/mol. The number of nitrogens with zero attached hydrogens (tertiary/aromatic N) is 2. The van der Waals surface area contributed by atoms with Crippen LogP contribution >= 0.6 is 0 Å². The maximum absolute atomic E-state index is 12.3. The predicted molar refractivity (Wildman–Crippen MR) is 116 cm³/mol. The van der Waals surface area contributed by atoms with Gasteiger partial charge in [0.25, 0.3) is 5.91 Å². The number of rotatable bonds is 10. The van der Waals surface area contributed by atoms with E-state index in [1.165, 1.54) is 25.4 Å². The van der Waals surface area contributed by atoms with Crippen LogP contribution in [0.2, 0.25) is 0 Å². The molecule has 0 atom stereocenters. The Morgan fingerprint density at radius 2 is 1.69 bits per heavy atom. The number of hydrogen-bond acceptors (Lipinski definition) is 4. The summed E-state index contributed by atoms with van der Waals surface area (Å²) in [6.07, 6.45) is 1.60. The van der Waals surface area contributed by atoms with Gasteiger partial charge in [0, 0.05) is 33.3 Å². The van der Waals surface area contributed by atoms with Crippen LogP contribution in [0.1, 0.15) is 29.3 Å². The second-order valence-corrected chi connectivity index (χ2v) is 8.88. The van der Waals surface area contributed by atoms with Gasteiger partial charge in [0.2, 0.25) is 0 Å². The third-order valence-electron chi connectivity index (χ3n) is 4.48. The summed E-state index contributed by atoms with van der Waals surface area (Å²) in [5.74, 6) is 0.696. The molecule has 0 spiro atoms. The Balaban J connectivity index is 1.89. The molecule has 0 saturated carbocycles. The Hall–Kier alpha value is -2.58. The van der Waals surface area contributed by atoms with Crippen molar-refractivity contribution in [1.29, 1.82) is 0 Å². The van der Waals surface area contributed by atoms with Gasteiger partial charge in [0.15, 0.2) is 0 Å². The number of aryl methyl sites for hydroxylation is 1. The summed E-state index contributed by atoms with van der Waals surface area (Å²) in [6, 6.07) is 14.4. The van der Waals surface area contributed by atoms with Crippen LogP contribution in [-0.4, -0.2) is 52.9 Å². The minimum absolute atomic E-state index is 0.187. The zero-order chi connectivity index (χ0) is 21.4. The molecule has 8 heteroatoms. The molecule has 0 heterocycles. The van der Waals surface area contributed by atoms with Crippen LogP contribution in [0, 0.1) is 0 Å². The normalized spacial score (nSPS) is 11.3. The van der Waals surface area contributed by atoms with Crippen LogP contribution in [0.5, 0.6) is 5.75 Å². The van der Waals surface area contributed by atoms with E-state index in [2.05, 4.69) is 5.32 Å². The van der Waals surface area contributed by atoms with Crippen molar-refractivity contribution in [3.05, 3.63) is 59.7 Å². The Labute approximate surface area is 173 Å². The fourth-order valence-electron chi connectivity index (χ4n) is 2.79. The van der Waals surface area contributed by atoms with Gasteiger partial charge in [-0.2, -0.15) is 12.7 Å². The lowest BCUT2D eigenvalue weighted by molar-refractivity contribution is 0.0953. The van der Waals surface area contributed by atoms with Gasteiger partial charge in [-0.3, -0.25) is 9.10 Å². The third-order valence-corrected chi connectivity index (χ3v) is 6.31. The summed E-state index contributed by atoms with van der Waals surface area (Å²) >= 11 is 0. The van der Waals surface area contributed by atoms with Crippen molar-refractivity contribution >= 4 is 21.8 Å². The quantitative estimate of drug-likeness (QED) is 0.601. The third kappa shape index (κ3) is 5.95. The van der Waals surface area contributed by atoms with Gasteiger partial charge in [0.05, 0.1) is 12.3 Å². The number of ether oxygens (including phenoxy) is 1. The molecule has 29 heavy (non-hydrogen) atoms. The second-order valence-electron chi connectivity index (χ2n) is 6.70. The van der Waals surface area contributed by atoms with E-state index >= 15 is 0 Å². The molecule has 7 nitrogen and oxygen atoms in total. The first kappa shape index (κ1) is 22.7. The fraction of sp³-hybridized carbons (Fsp3) is 0.381. The lowest BCUT2D eigenvalue weighted by atomic mass is 10.1. The lowest BCUT2D eigenvalue weighted by Gasteiger charge is -2.23. The van der Waals surface area contributed by atoms with Gasteiger partial charge in [-0.05, 0) is 55.7 Å². The molecular formula is C21H29N3O4S. The van der Waals surface area contributed by atoms with Crippen molar-refractivity contribution in [3.8, 4) is 5.75 Å². The number of carbonyl (C=O) groups excluding carboxylic acids is 1. The van der Waals surface area contributed by atoms with E-state index < -0.39 is 10.2 Å². The number of benzene rings is 2. The van der Waals surface area contributed by atoms with Crippen molar-refractivity contribution in [2.45, 2.75) is 19.8 Å². The Bertz CT molecular complexity index is 912.